The first-order chi connectivity index (χ1) is 9.08. The lowest BCUT2D eigenvalue weighted by Gasteiger charge is -2.12. The quantitative estimate of drug-likeness (QED) is 0.708. The lowest BCUT2D eigenvalue weighted by Crippen LogP contribution is -2.43. The van der Waals surface area contributed by atoms with Crippen LogP contribution in [0.15, 0.2) is 18.3 Å². The Hall–Kier alpha value is -2.11. The van der Waals surface area contributed by atoms with E-state index in [0.29, 0.717) is 5.56 Å². The van der Waals surface area contributed by atoms with Crippen LogP contribution in [0.25, 0.3) is 0 Å². The molecule has 1 aromatic rings. The number of aromatic nitrogens is 1. The molecular formula is C13H20N4O2. The van der Waals surface area contributed by atoms with Crippen LogP contribution in [0.3, 0.4) is 0 Å². The molecule has 19 heavy (non-hydrogen) atoms. The molecule has 3 N–H and O–H groups in total. The van der Waals surface area contributed by atoms with Crippen LogP contribution >= 0.6 is 0 Å². The maximum atomic E-state index is 11.8. The third-order valence-corrected chi connectivity index (χ3v) is 2.57. The summed E-state index contributed by atoms with van der Waals surface area (Å²) in [6, 6.07) is 2.85. The van der Waals surface area contributed by atoms with Gasteiger partial charge in [0.2, 0.25) is 5.91 Å². The Morgan fingerprint density at radius 3 is 2.63 bits per heavy atom. The summed E-state index contributed by atoms with van der Waals surface area (Å²) in [4.78, 5) is 27.3. The van der Waals surface area contributed by atoms with Crippen LogP contribution in [-0.4, -0.2) is 36.4 Å². The summed E-state index contributed by atoms with van der Waals surface area (Å²) in [5.41, 5.74) is 0.429. The standard InChI is InChI=1S/C13H20N4O2/c1-4-7-15-11-6-5-10(8-16-11)13(19)17-9(2)12(18)14-3/h5-6,8-9H,4,7H2,1-3H3,(H,14,18)(H,15,16)(H,17,19). The van der Waals surface area contributed by atoms with Gasteiger partial charge in [-0.25, -0.2) is 4.98 Å². The summed E-state index contributed by atoms with van der Waals surface area (Å²) >= 11 is 0. The molecule has 1 heterocycles. The fraction of sp³-hybridized carbons (Fsp3) is 0.462. The number of nitrogens with zero attached hydrogens (tertiary/aromatic N) is 1. The topological polar surface area (TPSA) is 83.1 Å². The minimum Gasteiger partial charge on any atom is -0.370 e. The van der Waals surface area contributed by atoms with E-state index in [2.05, 4.69) is 27.9 Å². The van der Waals surface area contributed by atoms with Crippen molar-refractivity contribution in [3.63, 3.8) is 0 Å². The van der Waals surface area contributed by atoms with E-state index in [0.717, 1.165) is 18.8 Å². The molecule has 1 unspecified atom stereocenters. The third kappa shape index (κ3) is 4.57. The van der Waals surface area contributed by atoms with Gasteiger partial charge in [-0.15, -0.1) is 0 Å². The number of amides is 2. The second kappa shape index (κ2) is 7.35. The first kappa shape index (κ1) is 14.9. The van der Waals surface area contributed by atoms with Gasteiger partial charge >= 0.3 is 0 Å². The number of hydrogen-bond acceptors (Lipinski definition) is 4. The first-order valence-corrected chi connectivity index (χ1v) is 6.30. The maximum Gasteiger partial charge on any atom is 0.253 e. The molecule has 1 atom stereocenters. The minimum absolute atomic E-state index is 0.234. The summed E-state index contributed by atoms with van der Waals surface area (Å²) in [7, 11) is 1.53. The Morgan fingerprint density at radius 2 is 2.11 bits per heavy atom. The van der Waals surface area contributed by atoms with Crippen molar-refractivity contribution < 1.29 is 9.59 Å². The molecule has 0 aromatic carbocycles. The van der Waals surface area contributed by atoms with Crippen molar-refractivity contribution >= 4 is 17.6 Å². The first-order valence-electron chi connectivity index (χ1n) is 6.30. The zero-order chi connectivity index (χ0) is 14.3. The Labute approximate surface area is 113 Å². The molecule has 0 fully saturated rings. The number of anilines is 1. The number of carbonyl (C=O) groups excluding carboxylic acids is 2. The highest BCUT2D eigenvalue weighted by Crippen LogP contribution is 2.05. The minimum atomic E-state index is -0.574. The molecule has 104 valence electrons. The van der Waals surface area contributed by atoms with Gasteiger partial charge in [0.15, 0.2) is 0 Å². The largest absolute Gasteiger partial charge is 0.370 e. The summed E-state index contributed by atoms with van der Waals surface area (Å²) in [5.74, 6) is 0.186. The van der Waals surface area contributed by atoms with Gasteiger partial charge in [0, 0.05) is 19.8 Å². The number of carbonyl (C=O) groups is 2. The summed E-state index contributed by atoms with van der Waals surface area (Å²) in [5, 5.41) is 8.19. The van der Waals surface area contributed by atoms with Crippen molar-refractivity contribution in [1.29, 1.82) is 0 Å². The Kier molecular flexibility index (Phi) is 5.78. The highest BCUT2D eigenvalue weighted by atomic mass is 16.2. The average Bonchev–Trinajstić information content (AvgIpc) is 2.44. The van der Waals surface area contributed by atoms with Crippen molar-refractivity contribution in [2.75, 3.05) is 18.9 Å². The van der Waals surface area contributed by atoms with Gasteiger partial charge in [0.25, 0.3) is 5.91 Å². The summed E-state index contributed by atoms with van der Waals surface area (Å²) < 4.78 is 0. The van der Waals surface area contributed by atoms with Crippen LogP contribution in [0.5, 0.6) is 0 Å². The van der Waals surface area contributed by atoms with Gasteiger partial charge in [-0.3, -0.25) is 9.59 Å². The highest BCUT2D eigenvalue weighted by Gasteiger charge is 2.15. The molecule has 0 saturated carbocycles. The molecule has 0 spiro atoms. The van der Waals surface area contributed by atoms with Crippen LogP contribution < -0.4 is 16.0 Å². The highest BCUT2D eigenvalue weighted by molar-refractivity contribution is 5.97. The van der Waals surface area contributed by atoms with Gasteiger partial charge in [0.1, 0.15) is 11.9 Å². The van der Waals surface area contributed by atoms with E-state index < -0.39 is 6.04 Å². The van der Waals surface area contributed by atoms with Crippen molar-refractivity contribution in [1.82, 2.24) is 15.6 Å². The predicted octanol–water partition coefficient (Wildman–Crippen LogP) is 0.768. The van der Waals surface area contributed by atoms with Crippen LogP contribution in [-0.2, 0) is 4.79 Å². The van der Waals surface area contributed by atoms with Crippen LogP contribution in [0.4, 0.5) is 5.82 Å². The maximum absolute atomic E-state index is 11.8. The summed E-state index contributed by atoms with van der Waals surface area (Å²) in [6.07, 6.45) is 2.50. The Bertz CT molecular complexity index is 431. The molecule has 2 amide bonds. The van der Waals surface area contributed by atoms with Crippen molar-refractivity contribution in [2.45, 2.75) is 26.3 Å². The Morgan fingerprint density at radius 1 is 1.37 bits per heavy atom. The molecule has 0 aliphatic carbocycles. The van der Waals surface area contributed by atoms with Crippen LogP contribution in [0, 0.1) is 0 Å². The van der Waals surface area contributed by atoms with Crippen molar-refractivity contribution in [3.05, 3.63) is 23.9 Å². The number of likely N-dealkylation sites (N-methyl/N-ethyl adjacent to an activating group) is 1. The average molecular weight is 264 g/mol. The van der Waals surface area contributed by atoms with Gasteiger partial charge in [-0.2, -0.15) is 0 Å². The van der Waals surface area contributed by atoms with Gasteiger partial charge in [0.05, 0.1) is 5.56 Å². The van der Waals surface area contributed by atoms with E-state index in [-0.39, 0.29) is 11.8 Å². The number of pyridine rings is 1. The monoisotopic (exact) mass is 264 g/mol. The van der Waals surface area contributed by atoms with E-state index in [1.165, 1.54) is 13.2 Å². The molecule has 0 aliphatic heterocycles. The molecular weight excluding hydrogens is 244 g/mol. The van der Waals surface area contributed by atoms with Crippen molar-refractivity contribution in [2.24, 2.45) is 0 Å². The van der Waals surface area contributed by atoms with E-state index in [1.54, 1.807) is 19.1 Å². The molecule has 6 nitrogen and oxygen atoms in total. The smallest absolute Gasteiger partial charge is 0.253 e. The predicted molar refractivity (Wildman–Crippen MR) is 74.0 cm³/mol. The molecule has 0 saturated heterocycles. The molecule has 0 bridgehead atoms. The number of hydrogen-bond donors (Lipinski definition) is 3. The zero-order valence-corrected chi connectivity index (χ0v) is 11.5. The van der Waals surface area contributed by atoms with Crippen LogP contribution in [0.1, 0.15) is 30.6 Å². The normalized spacial score (nSPS) is 11.5. The van der Waals surface area contributed by atoms with E-state index in [1.807, 2.05) is 0 Å². The molecule has 6 heteroatoms. The Balaban J connectivity index is 2.60. The zero-order valence-electron chi connectivity index (χ0n) is 11.5. The van der Waals surface area contributed by atoms with Gasteiger partial charge in [-0.05, 0) is 25.5 Å². The fourth-order valence-electron chi connectivity index (χ4n) is 1.45. The van der Waals surface area contributed by atoms with E-state index in [9.17, 15) is 9.59 Å². The second-order valence-electron chi connectivity index (χ2n) is 4.17. The van der Waals surface area contributed by atoms with Gasteiger partial charge < -0.3 is 16.0 Å². The van der Waals surface area contributed by atoms with Crippen LogP contribution in [0.2, 0.25) is 0 Å². The lowest BCUT2D eigenvalue weighted by atomic mass is 10.2. The summed E-state index contributed by atoms with van der Waals surface area (Å²) in [6.45, 7) is 4.53. The molecule has 0 aliphatic rings. The van der Waals surface area contributed by atoms with Crippen molar-refractivity contribution in [3.8, 4) is 0 Å². The van der Waals surface area contributed by atoms with Gasteiger partial charge in [-0.1, -0.05) is 6.92 Å². The second-order valence-corrected chi connectivity index (χ2v) is 4.17. The fourth-order valence-corrected chi connectivity index (χ4v) is 1.45. The molecule has 1 aromatic heterocycles. The lowest BCUT2D eigenvalue weighted by molar-refractivity contribution is -0.122. The molecule has 0 radical (unpaired) electrons. The van der Waals surface area contributed by atoms with E-state index in [4.69, 9.17) is 0 Å². The van der Waals surface area contributed by atoms with E-state index >= 15 is 0 Å². The SMILES string of the molecule is CCCNc1ccc(C(=O)NC(C)C(=O)NC)cn1. The number of nitrogens with one attached hydrogen (secondary N) is 3. The molecule has 1 rings (SSSR count). The third-order valence-electron chi connectivity index (χ3n) is 2.57. The number of rotatable bonds is 6.